The number of nitrogens with one attached hydrogen (secondary N) is 1. The first-order valence-electron chi connectivity index (χ1n) is 12.4. The number of sulfonamides is 1. The van der Waals surface area contributed by atoms with Crippen molar-refractivity contribution in [3.8, 4) is 22.8 Å². The minimum atomic E-state index is -3.69. The zero-order chi connectivity index (χ0) is 26.2. The van der Waals surface area contributed by atoms with E-state index in [1.807, 2.05) is 5.38 Å². The van der Waals surface area contributed by atoms with Gasteiger partial charge in [-0.3, -0.25) is 4.79 Å². The van der Waals surface area contributed by atoms with Gasteiger partial charge in [-0.05, 0) is 36.0 Å². The fourth-order valence-corrected chi connectivity index (χ4v) is 6.71. The maximum atomic E-state index is 13.2. The Balaban J connectivity index is 1.18. The van der Waals surface area contributed by atoms with E-state index in [4.69, 9.17) is 9.47 Å². The Kier molecular flexibility index (Phi) is 6.99. The van der Waals surface area contributed by atoms with Crippen molar-refractivity contribution in [1.29, 1.82) is 0 Å². The summed E-state index contributed by atoms with van der Waals surface area (Å²) in [5.74, 6) is 0.591. The Morgan fingerprint density at radius 2 is 1.70 bits per heavy atom. The number of carbonyl (C=O) groups is 1. The third-order valence-corrected chi connectivity index (χ3v) is 9.41. The summed E-state index contributed by atoms with van der Waals surface area (Å²) in [6.07, 6.45) is 0.893. The van der Waals surface area contributed by atoms with E-state index in [-0.39, 0.29) is 35.2 Å². The van der Waals surface area contributed by atoms with Crippen LogP contribution < -0.4 is 14.8 Å². The lowest BCUT2D eigenvalue weighted by molar-refractivity contribution is -0.120. The number of thiazole rings is 1. The molecule has 5 rings (SSSR count). The van der Waals surface area contributed by atoms with Crippen LogP contribution in [0, 0.1) is 5.92 Å². The highest BCUT2D eigenvalue weighted by atomic mass is 32.2. The minimum Gasteiger partial charge on any atom is -0.486 e. The molecule has 1 N–H and O–H groups in total. The van der Waals surface area contributed by atoms with Crippen LogP contribution in [0.4, 0.5) is 5.13 Å². The van der Waals surface area contributed by atoms with Gasteiger partial charge in [-0.15, -0.1) is 11.3 Å². The Bertz CT molecular complexity index is 1390. The average molecular weight is 542 g/mol. The monoisotopic (exact) mass is 541 g/mol. The SMILES string of the molecule is CC(C)(C)c1ccc(-c2csc(NC(=O)C3CCN(S(=O)(=O)c4ccc5c(c4)OCCO5)CC3)n2)cc1. The highest BCUT2D eigenvalue weighted by Crippen LogP contribution is 2.34. The number of aromatic nitrogens is 1. The summed E-state index contributed by atoms with van der Waals surface area (Å²) in [6.45, 7) is 7.92. The van der Waals surface area contributed by atoms with Crippen LogP contribution in [-0.2, 0) is 20.2 Å². The van der Waals surface area contributed by atoms with Gasteiger partial charge < -0.3 is 14.8 Å². The predicted molar refractivity (Wildman–Crippen MR) is 144 cm³/mol. The van der Waals surface area contributed by atoms with Crippen molar-refractivity contribution in [1.82, 2.24) is 9.29 Å². The van der Waals surface area contributed by atoms with Gasteiger partial charge in [-0.1, -0.05) is 45.0 Å². The van der Waals surface area contributed by atoms with Crippen LogP contribution in [0.3, 0.4) is 0 Å². The molecule has 37 heavy (non-hydrogen) atoms. The summed E-state index contributed by atoms with van der Waals surface area (Å²) < 4.78 is 38.8. The molecule has 0 unspecified atom stereocenters. The summed E-state index contributed by atoms with van der Waals surface area (Å²) in [4.78, 5) is 17.7. The van der Waals surface area contributed by atoms with Crippen LogP contribution in [0.15, 0.2) is 52.7 Å². The van der Waals surface area contributed by atoms with Crippen LogP contribution in [0.1, 0.15) is 39.2 Å². The second-order valence-corrected chi connectivity index (χ2v) is 13.1. The van der Waals surface area contributed by atoms with Crippen molar-refractivity contribution in [3.63, 3.8) is 0 Å². The molecule has 0 spiro atoms. The molecule has 1 fully saturated rings. The number of piperidine rings is 1. The van der Waals surface area contributed by atoms with Crippen molar-refractivity contribution < 1.29 is 22.7 Å². The van der Waals surface area contributed by atoms with Gasteiger partial charge in [0.1, 0.15) is 13.2 Å². The maximum Gasteiger partial charge on any atom is 0.243 e. The van der Waals surface area contributed by atoms with Crippen LogP contribution >= 0.6 is 11.3 Å². The molecule has 2 aliphatic rings. The van der Waals surface area contributed by atoms with Crippen LogP contribution in [0.5, 0.6) is 11.5 Å². The summed E-state index contributed by atoms with van der Waals surface area (Å²) in [5, 5.41) is 5.41. The van der Waals surface area contributed by atoms with Gasteiger partial charge in [0.15, 0.2) is 16.6 Å². The average Bonchev–Trinajstić information content (AvgIpc) is 3.36. The smallest absolute Gasteiger partial charge is 0.243 e. The number of hydrogen-bond acceptors (Lipinski definition) is 7. The van der Waals surface area contributed by atoms with E-state index in [1.54, 1.807) is 12.1 Å². The minimum absolute atomic E-state index is 0.0819. The number of carbonyl (C=O) groups excluding carboxylic acids is 1. The van der Waals surface area contributed by atoms with Gasteiger partial charge in [0.25, 0.3) is 0 Å². The summed E-state index contributed by atoms with van der Waals surface area (Å²) in [7, 11) is -3.69. The lowest BCUT2D eigenvalue weighted by Crippen LogP contribution is -2.41. The van der Waals surface area contributed by atoms with Gasteiger partial charge in [0.05, 0.1) is 10.6 Å². The molecule has 8 nitrogen and oxygen atoms in total. The van der Waals surface area contributed by atoms with Gasteiger partial charge in [-0.25, -0.2) is 13.4 Å². The number of hydrogen-bond donors (Lipinski definition) is 1. The number of ether oxygens (including phenoxy) is 2. The van der Waals surface area contributed by atoms with Crippen LogP contribution in [0.25, 0.3) is 11.3 Å². The molecular weight excluding hydrogens is 510 g/mol. The molecular formula is C27H31N3O5S2. The summed E-state index contributed by atoms with van der Waals surface area (Å²) >= 11 is 1.39. The molecule has 2 aromatic carbocycles. The van der Waals surface area contributed by atoms with Gasteiger partial charge in [0, 0.05) is 36.0 Å². The number of anilines is 1. The molecule has 196 valence electrons. The molecule has 10 heteroatoms. The fourth-order valence-electron chi connectivity index (χ4n) is 4.50. The maximum absolute atomic E-state index is 13.2. The van der Waals surface area contributed by atoms with Crippen molar-refractivity contribution in [2.24, 2.45) is 5.92 Å². The van der Waals surface area contributed by atoms with E-state index in [1.165, 1.54) is 27.3 Å². The number of benzene rings is 2. The second-order valence-electron chi connectivity index (χ2n) is 10.3. The largest absolute Gasteiger partial charge is 0.486 e. The lowest BCUT2D eigenvalue weighted by Gasteiger charge is -2.30. The highest BCUT2D eigenvalue weighted by Gasteiger charge is 2.33. The van der Waals surface area contributed by atoms with E-state index in [2.05, 4.69) is 55.3 Å². The zero-order valence-electron chi connectivity index (χ0n) is 21.2. The van der Waals surface area contributed by atoms with E-state index < -0.39 is 10.0 Å². The quantitative estimate of drug-likeness (QED) is 0.493. The summed E-state index contributed by atoms with van der Waals surface area (Å²) in [5.41, 5.74) is 3.16. The van der Waals surface area contributed by atoms with Crippen LogP contribution in [-0.4, -0.2) is 49.9 Å². The lowest BCUT2D eigenvalue weighted by atomic mass is 9.86. The van der Waals surface area contributed by atoms with E-state index >= 15 is 0 Å². The Hall–Kier alpha value is -2.95. The standard InChI is InChI=1S/C27H31N3O5S2/c1-27(2,3)20-6-4-18(5-7-20)22-17-36-26(28-22)29-25(31)19-10-12-30(13-11-19)37(32,33)21-8-9-23-24(16-21)35-15-14-34-23/h4-9,16-17,19H,10-15H2,1-3H3,(H,28,29,31). The van der Waals surface area contributed by atoms with Crippen molar-refractivity contribution in [2.45, 2.75) is 43.9 Å². The molecule has 1 saturated heterocycles. The third kappa shape index (κ3) is 5.51. The number of rotatable bonds is 5. The predicted octanol–water partition coefficient (Wildman–Crippen LogP) is 4.92. The van der Waals surface area contributed by atoms with Crippen molar-refractivity contribution in [3.05, 3.63) is 53.4 Å². The molecule has 0 atom stereocenters. The van der Waals surface area contributed by atoms with E-state index in [9.17, 15) is 13.2 Å². The first-order chi connectivity index (χ1) is 17.6. The molecule has 0 radical (unpaired) electrons. The van der Waals surface area contributed by atoms with Crippen molar-refractivity contribution >= 4 is 32.4 Å². The Morgan fingerprint density at radius 3 is 2.38 bits per heavy atom. The highest BCUT2D eigenvalue weighted by molar-refractivity contribution is 7.89. The van der Waals surface area contributed by atoms with Gasteiger partial charge >= 0.3 is 0 Å². The Morgan fingerprint density at radius 1 is 1.03 bits per heavy atom. The topological polar surface area (TPSA) is 97.8 Å². The molecule has 0 aliphatic carbocycles. The zero-order valence-corrected chi connectivity index (χ0v) is 22.8. The first-order valence-corrected chi connectivity index (χ1v) is 14.7. The molecule has 0 saturated carbocycles. The number of nitrogens with zero attached hydrogens (tertiary/aromatic N) is 2. The molecule has 3 heterocycles. The molecule has 1 amide bonds. The van der Waals surface area contributed by atoms with Gasteiger partial charge in [-0.2, -0.15) is 4.31 Å². The first kappa shape index (κ1) is 25.7. The summed E-state index contributed by atoms with van der Waals surface area (Å²) in [6, 6.07) is 13.0. The molecule has 1 aromatic heterocycles. The normalized spacial score (nSPS) is 16.9. The van der Waals surface area contributed by atoms with Crippen LogP contribution in [0.2, 0.25) is 0 Å². The van der Waals surface area contributed by atoms with E-state index in [0.29, 0.717) is 42.7 Å². The molecule has 2 aliphatic heterocycles. The fraction of sp³-hybridized carbons (Fsp3) is 0.407. The Labute approximate surface area is 221 Å². The second kappa shape index (κ2) is 10.1. The van der Waals surface area contributed by atoms with Gasteiger partial charge in [0.2, 0.25) is 15.9 Å². The third-order valence-electron chi connectivity index (χ3n) is 6.76. The van der Waals surface area contributed by atoms with E-state index in [0.717, 1.165) is 11.3 Å². The number of fused-ring (bicyclic) bond motifs is 1. The molecule has 0 bridgehead atoms. The molecule has 3 aromatic rings. The number of amides is 1. The van der Waals surface area contributed by atoms with Crippen molar-refractivity contribution in [2.75, 3.05) is 31.6 Å².